The summed E-state index contributed by atoms with van der Waals surface area (Å²) < 4.78 is 40.5. The van der Waals surface area contributed by atoms with Gasteiger partial charge in [-0.1, -0.05) is 23.8 Å². The number of rotatable bonds is 0. The fraction of sp³-hybridized carbons (Fsp3) is 0.333. The predicted molar refractivity (Wildman–Crippen MR) is 71.4 cm³/mol. The molecule has 1 aromatic carbocycles. The molecule has 0 saturated carbocycles. The highest BCUT2D eigenvalue weighted by Crippen LogP contribution is 2.56. The Balaban J connectivity index is 2.39. The number of hydrogen-bond donors (Lipinski definition) is 1. The van der Waals surface area contributed by atoms with E-state index in [9.17, 15) is 18.3 Å². The Labute approximate surface area is 119 Å². The Bertz CT molecular complexity index is 658. The summed E-state index contributed by atoms with van der Waals surface area (Å²) in [5.41, 5.74) is -1.42. The van der Waals surface area contributed by atoms with Gasteiger partial charge in [0.15, 0.2) is 0 Å². The average molecular weight is 301 g/mol. The number of aryl methyl sites for hydroxylation is 1. The summed E-state index contributed by atoms with van der Waals surface area (Å²) in [4.78, 5) is 0. The zero-order valence-corrected chi connectivity index (χ0v) is 11.4. The maximum absolute atomic E-state index is 13.5. The van der Waals surface area contributed by atoms with Crippen molar-refractivity contribution in [1.29, 1.82) is 0 Å². The molecule has 5 heteroatoms. The van der Waals surface area contributed by atoms with Crippen LogP contribution in [0, 0.1) is 6.92 Å². The number of halogens is 4. The van der Waals surface area contributed by atoms with Crippen LogP contribution in [0.25, 0.3) is 5.57 Å². The summed E-state index contributed by atoms with van der Waals surface area (Å²) in [6.45, 7) is 1.72. The monoisotopic (exact) mass is 300 g/mol. The van der Waals surface area contributed by atoms with Crippen molar-refractivity contribution in [3.63, 3.8) is 0 Å². The minimum absolute atomic E-state index is 0.0587. The molecule has 20 heavy (non-hydrogen) atoms. The van der Waals surface area contributed by atoms with E-state index in [0.29, 0.717) is 29.5 Å². The Morgan fingerprint density at radius 3 is 2.65 bits per heavy atom. The van der Waals surface area contributed by atoms with Crippen molar-refractivity contribution >= 4 is 17.2 Å². The SMILES string of the molecule is Cc1cc(Cl)cc2c1C1=C(C=CCC1)C2(O)C(F)(F)F. The number of allylic oxidation sites excluding steroid dienone is 2. The second kappa shape index (κ2) is 4.12. The Kier molecular flexibility index (Phi) is 2.82. The normalized spacial score (nSPS) is 24.9. The lowest BCUT2D eigenvalue weighted by atomic mass is 9.87. The van der Waals surface area contributed by atoms with E-state index in [1.165, 1.54) is 12.1 Å². The van der Waals surface area contributed by atoms with Crippen molar-refractivity contribution in [1.82, 2.24) is 0 Å². The van der Waals surface area contributed by atoms with Gasteiger partial charge in [0.25, 0.3) is 0 Å². The molecule has 0 spiro atoms. The van der Waals surface area contributed by atoms with E-state index in [2.05, 4.69) is 0 Å². The molecule has 3 rings (SSSR count). The Hall–Kier alpha value is -1.26. The van der Waals surface area contributed by atoms with Crippen molar-refractivity contribution in [3.8, 4) is 0 Å². The number of benzene rings is 1. The highest BCUT2D eigenvalue weighted by molar-refractivity contribution is 6.30. The van der Waals surface area contributed by atoms with Crippen LogP contribution in [0.2, 0.25) is 5.02 Å². The molecule has 1 N–H and O–H groups in total. The van der Waals surface area contributed by atoms with Crippen LogP contribution in [-0.4, -0.2) is 11.3 Å². The number of fused-ring (bicyclic) bond motifs is 2. The summed E-state index contributed by atoms with van der Waals surface area (Å²) in [7, 11) is 0. The highest BCUT2D eigenvalue weighted by atomic mass is 35.5. The first-order valence-electron chi connectivity index (χ1n) is 6.27. The first-order chi connectivity index (χ1) is 9.26. The maximum atomic E-state index is 13.5. The molecular weight excluding hydrogens is 289 g/mol. The fourth-order valence-electron chi connectivity index (χ4n) is 3.14. The highest BCUT2D eigenvalue weighted by Gasteiger charge is 2.61. The smallest absolute Gasteiger partial charge is 0.372 e. The van der Waals surface area contributed by atoms with Gasteiger partial charge in [-0.05, 0) is 48.6 Å². The first-order valence-corrected chi connectivity index (χ1v) is 6.65. The van der Waals surface area contributed by atoms with Crippen LogP contribution in [0.5, 0.6) is 0 Å². The van der Waals surface area contributed by atoms with Gasteiger partial charge in [-0.3, -0.25) is 0 Å². The minimum atomic E-state index is -4.78. The molecule has 0 aliphatic heterocycles. The predicted octanol–water partition coefficient (Wildman–Crippen LogP) is 4.52. The van der Waals surface area contributed by atoms with Crippen LogP contribution in [0.15, 0.2) is 29.9 Å². The zero-order valence-electron chi connectivity index (χ0n) is 10.7. The van der Waals surface area contributed by atoms with Gasteiger partial charge in [-0.25, -0.2) is 0 Å². The third-order valence-corrected chi connectivity index (χ3v) is 4.18. The Morgan fingerprint density at radius 1 is 1.30 bits per heavy atom. The summed E-state index contributed by atoms with van der Waals surface area (Å²) in [6, 6.07) is 2.86. The lowest BCUT2D eigenvalue weighted by Crippen LogP contribution is -2.42. The molecule has 0 radical (unpaired) electrons. The molecule has 106 valence electrons. The molecule has 0 heterocycles. The van der Waals surface area contributed by atoms with Gasteiger partial charge in [0.1, 0.15) is 0 Å². The van der Waals surface area contributed by atoms with E-state index in [1.807, 2.05) is 0 Å². The van der Waals surface area contributed by atoms with E-state index in [4.69, 9.17) is 11.6 Å². The summed E-state index contributed by atoms with van der Waals surface area (Å²) in [5.74, 6) is 0. The van der Waals surface area contributed by atoms with E-state index >= 15 is 0 Å². The topological polar surface area (TPSA) is 20.2 Å². The van der Waals surface area contributed by atoms with Crippen molar-refractivity contribution < 1.29 is 18.3 Å². The van der Waals surface area contributed by atoms with Gasteiger partial charge in [0, 0.05) is 16.2 Å². The number of aliphatic hydroxyl groups is 1. The summed E-state index contributed by atoms with van der Waals surface area (Å²) in [5, 5.41) is 10.6. The van der Waals surface area contributed by atoms with Gasteiger partial charge in [-0.2, -0.15) is 13.2 Å². The number of hydrogen-bond acceptors (Lipinski definition) is 1. The third kappa shape index (κ3) is 1.61. The van der Waals surface area contributed by atoms with Crippen molar-refractivity contribution in [3.05, 3.63) is 51.6 Å². The standard InChI is InChI=1S/C15H12ClF3O/c1-8-6-9(16)7-12-13(8)10-4-2-3-5-11(10)14(12,20)15(17,18)19/h3,5-7,20H,2,4H2,1H3. The molecule has 2 aliphatic rings. The minimum Gasteiger partial charge on any atom is -0.372 e. The lowest BCUT2D eigenvalue weighted by molar-refractivity contribution is -0.247. The van der Waals surface area contributed by atoms with Crippen LogP contribution < -0.4 is 0 Å². The van der Waals surface area contributed by atoms with Crippen LogP contribution in [0.3, 0.4) is 0 Å². The molecule has 0 amide bonds. The van der Waals surface area contributed by atoms with E-state index < -0.39 is 11.8 Å². The van der Waals surface area contributed by atoms with E-state index in [0.717, 1.165) is 0 Å². The van der Waals surface area contributed by atoms with Gasteiger partial charge in [0.2, 0.25) is 5.60 Å². The average Bonchev–Trinajstić information content (AvgIpc) is 2.61. The second-order valence-electron chi connectivity index (χ2n) is 5.19. The van der Waals surface area contributed by atoms with Crippen molar-refractivity contribution in [2.75, 3.05) is 0 Å². The first kappa shape index (κ1) is 13.7. The van der Waals surface area contributed by atoms with Crippen LogP contribution in [0.4, 0.5) is 13.2 Å². The van der Waals surface area contributed by atoms with Crippen LogP contribution in [0.1, 0.15) is 29.5 Å². The summed E-state index contributed by atoms with van der Waals surface area (Å²) in [6.07, 6.45) is -0.552. The quantitative estimate of drug-likeness (QED) is 0.747. The Morgan fingerprint density at radius 2 is 2.00 bits per heavy atom. The molecule has 0 saturated heterocycles. The van der Waals surface area contributed by atoms with Crippen molar-refractivity contribution in [2.45, 2.75) is 31.5 Å². The van der Waals surface area contributed by atoms with Gasteiger partial charge in [0.05, 0.1) is 0 Å². The largest absolute Gasteiger partial charge is 0.425 e. The molecule has 0 aromatic heterocycles. The molecule has 0 fully saturated rings. The molecule has 2 aliphatic carbocycles. The molecule has 1 atom stereocenters. The molecular formula is C15H12ClF3O. The maximum Gasteiger partial charge on any atom is 0.425 e. The van der Waals surface area contributed by atoms with Crippen molar-refractivity contribution in [2.24, 2.45) is 0 Å². The van der Waals surface area contributed by atoms with Crippen LogP contribution >= 0.6 is 11.6 Å². The summed E-state index contributed by atoms with van der Waals surface area (Å²) >= 11 is 5.89. The molecule has 1 nitrogen and oxygen atoms in total. The third-order valence-electron chi connectivity index (χ3n) is 3.96. The fourth-order valence-corrected chi connectivity index (χ4v) is 3.42. The second-order valence-corrected chi connectivity index (χ2v) is 5.62. The van der Waals surface area contributed by atoms with Gasteiger partial charge in [-0.15, -0.1) is 0 Å². The molecule has 1 unspecified atom stereocenters. The van der Waals surface area contributed by atoms with Crippen LogP contribution in [-0.2, 0) is 5.60 Å². The zero-order chi connectivity index (χ0) is 14.7. The lowest BCUT2D eigenvalue weighted by Gasteiger charge is -2.30. The van der Waals surface area contributed by atoms with Gasteiger partial charge < -0.3 is 5.11 Å². The van der Waals surface area contributed by atoms with E-state index in [-0.39, 0.29) is 16.2 Å². The number of alkyl halides is 3. The molecule has 0 bridgehead atoms. The molecule has 1 aromatic rings. The van der Waals surface area contributed by atoms with Gasteiger partial charge >= 0.3 is 6.18 Å². The van der Waals surface area contributed by atoms with E-state index in [1.54, 1.807) is 19.1 Å².